The molecule has 0 bridgehead atoms. The van der Waals surface area contributed by atoms with Crippen LogP contribution in [-0.2, 0) is 11.2 Å². The summed E-state index contributed by atoms with van der Waals surface area (Å²) < 4.78 is 0. The number of hydrogen-bond acceptors (Lipinski definition) is 4. The minimum absolute atomic E-state index is 0. The molecule has 0 aliphatic rings. The number of carboxylic acid groups (broad SMARTS) is 1. The Kier molecular flexibility index (Phi) is 4.76. The Labute approximate surface area is 81.4 Å². The quantitative estimate of drug-likeness (QED) is 0.747. The molecule has 0 aliphatic heterocycles. The monoisotopic (exact) mass is 203 g/mol. The van der Waals surface area contributed by atoms with E-state index in [0.29, 0.717) is 17.9 Å². The molecule has 0 unspecified atom stereocenters. The second-order valence-corrected chi connectivity index (χ2v) is 2.33. The first-order chi connectivity index (χ1) is 5.68. The highest BCUT2D eigenvalue weighted by Gasteiger charge is 2.00. The van der Waals surface area contributed by atoms with Gasteiger partial charge in [-0.2, -0.15) is 0 Å². The van der Waals surface area contributed by atoms with Crippen LogP contribution in [0.3, 0.4) is 0 Å². The second kappa shape index (κ2) is 5.31. The van der Waals surface area contributed by atoms with E-state index in [4.69, 9.17) is 10.8 Å². The molecule has 0 atom stereocenters. The zero-order valence-electron chi connectivity index (χ0n) is 6.80. The minimum Gasteiger partial charge on any atom is -0.481 e. The largest absolute Gasteiger partial charge is 0.481 e. The van der Waals surface area contributed by atoms with Gasteiger partial charge in [-0.05, 0) is 0 Å². The molecule has 0 saturated carbocycles. The maximum Gasteiger partial charge on any atom is 0.303 e. The number of aryl methyl sites for hydroxylation is 1. The number of hydrogen-bond donors (Lipinski definition) is 2. The van der Waals surface area contributed by atoms with Crippen molar-refractivity contribution in [3.8, 4) is 0 Å². The summed E-state index contributed by atoms with van der Waals surface area (Å²) >= 11 is 0. The van der Waals surface area contributed by atoms with Gasteiger partial charge in [0.2, 0.25) is 0 Å². The highest BCUT2D eigenvalue weighted by Crippen LogP contribution is 1.98. The molecule has 13 heavy (non-hydrogen) atoms. The Morgan fingerprint density at radius 2 is 2.00 bits per heavy atom. The third-order valence-corrected chi connectivity index (χ3v) is 1.29. The first kappa shape index (κ1) is 11.6. The molecule has 0 radical (unpaired) electrons. The first-order valence-corrected chi connectivity index (χ1v) is 3.46. The molecule has 5 nitrogen and oxygen atoms in total. The fourth-order valence-electron chi connectivity index (χ4n) is 0.713. The number of aliphatic carboxylic acids is 1. The Morgan fingerprint density at radius 3 is 2.46 bits per heavy atom. The van der Waals surface area contributed by atoms with Crippen molar-refractivity contribution in [2.24, 2.45) is 0 Å². The van der Waals surface area contributed by atoms with Crippen LogP contribution in [0.25, 0.3) is 0 Å². The number of aromatic nitrogens is 2. The van der Waals surface area contributed by atoms with Crippen LogP contribution in [0.5, 0.6) is 0 Å². The van der Waals surface area contributed by atoms with Crippen LogP contribution in [-0.4, -0.2) is 21.0 Å². The van der Waals surface area contributed by atoms with Gasteiger partial charge in [0.15, 0.2) is 0 Å². The maximum atomic E-state index is 10.2. The lowest BCUT2D eigenvalue weighted by molar-refractivity contribution is -0.137. The molecule has 0 spiro atoms. The van der Waals surface area contributed by atoms with E-state index < -0.39 is 5.97 Å². The number of rotatable bonds is 3. The lowest BCUT2D eigenvalue weighted by atomic mass is 10.3. The molecule has 1 aromatic heterocycles. The third kappa shape index (κ3) is 4.27. The minimum atomic E-state index is -0.851. The van der Waals surface area contributed by atoms with Gasteiger partial charge < -0.3 is 10.8 Å². The molecule has 0 aromatic carbocycles. The molecule has 72 valence electrons. The zero-order valence-corrected chi connectivity index (χ0v) is 7.62. The van der Waals surface area contributed by atoms with E-state index in [9.17, 15) is 4.79 Å². The van der Waals surface area contributed by atoms with E-state index in [2.05, 4.69) is 9.97 Å². The Balaban J connectivity index is 0.00000144. The molecule has 1 aromatic rings. The van der Waals surface area contributed by atoms with Crippen molar-refractivity contribution in [2.45, 2.75) is 12.8 Å². The molecule has 0 saturated heterocycles. The second-order valence-electron chi connectivity index (χ2n) is 2.33. The lowest BCUT2D eigenvalue weighted by Crippen LogP contribution is -2.01. The number of carboxylic acids is 1. The van der Waals surface area contributed by atoms with Gasteiger partial charge in [0, 0.05) is 6.42 Å². The summed E-state index contributed by atoms with van der Waals surface area (Å²) in [5.41, 5.74) is 5.82. The van der Waals surface area contributed by atoms with Gasteiger partial charge in [-0.1, -0.05) is 0 Å². The van der Waals surface area contributed by atoms with E-state index in [0.717, 1.165) is 0 Å². The smallest absolute Gasteiger partial charge is 0.303 e. The van der Waals surface area contributed by atoms with E-state index in [1.807, 2.05) is 0 Å². The predicted molar refractivity (Wildman–Crippen MR) is 49.6 cm³/mol. The Hall–Kier alpha value is -1.36. The zero-order chi connectivity index (χ0) is 8.97. The number of carbonyl (C=O) groups is 1. The highest BCUT2D eigenvalue weighted by atomic mass is 35.5. The van der Waals surface area contributed by atoms with Crippen LogP contribution in [0.1, 0.15) is 12.2 Å². The van der Waals surface area contributed by atoms with Crippen LogP contribution in [0.4, 0.5) is 5.69 Å². The van der Waals surface area contributed by atoms with Gasteiger partial charge in [-0.15, -0.1) is 12.4 Å². The SMILES string of the molecule is Cl.Nc1cnc(CCC(=O)O)nc1. The van der Waals surface area contributed by atoms with Crippen molar-refractivity contribution in [1.82, 2.24) is 9.97 Å². The summed E-state index contributed by atoms with van der Waals surface area (Å²) in [5.74, 6) is -0.345. The normalized spacial score (nSPS) is 8.92. The van der Waals surface area contributed by atoms with Gasteiger partial charge in [0.1, 0.15) is 5.82 Å². The van der Waals surface area contributed by atoms with Crippen LogP contribution >= 0.6 is 12.4 Å². The fraction of sp³-hybridized carbons (Fsp3) is 0.286. The molecular formula is C7H10ClN3O2. The topological polar surface area (TPSA) is 89.1 Å². The Morgan fingerprint density at radius 1 is 1.46 bits per heavy atom. The average molecular weight is 204 g/mol. The van der Waals surface area contributed by atoms with Crippen LogP contribution < -0.4 is 5.73 Å². The third-order valence-electron chi connectivity index (χ3n) is 1.29. The summed E-state index contributed by atoms with van der Waals surface area (Å²) in [6, 6.07) is 0. The summed E-state index contributed by atoms with van der Waals surface area (Å²) in [6.45, 7) is 0. The van der Waals surface area contributed by atoms with Crippen molar-refractivity contribution in [3.63, 3.8) is 0 Å². The van der Waals surface area contributed by atoms with Gasteiger partial charge >= 0.3 is 5.97 Å². The molecule has 1 heterocycles. The van der Waals surface area contributed by atoms with E-state index in [-0.39, 0.29) is 18.8 Å². The van der Waals surface area contributed by atoms with Crippen LogP contribution in [0.2, 0.25) is 0 Å². The molecule has 1 rings (SSSR count). The number of anilines is 1. The van der Waals surface area contributed by atoms with Crippen molar-refractivity contribution in [3.05, 3.63) is 18.2 Å². The average Bonchev–Trinajstić information content (AvgIpc) is 2.03. The van der Waals surface area contributed by atoms with Crippen LogP contribution in [0.15, 0.2) is 12.4 Å². The molecule has 3 N–H and O–H groups in total. The van der Waals surface area contributed by atoms with Crippen molar-refractivity contribution >= 4 is 24.1 Å². The number of nitrogens with zero attached hydrogens (tertiary/aromatic N) is 2. The number of nitrogens with two attached hydrogens (primary N) is 1. The van der Waals surface area contributed by atoms with Gasteiger partial charge in [0.05, 0.1) is 24.5 Å². The lowest BCUT2D eigenvalue weighted by Gasteiger charge is -1.96. The van der Waals surface area contributed by atoms with Gasteiger partial charge in [-0.25, -0.2) is 9.97 Å². The standard InChI is InChI=1S/C7H9N3O2.ClH/c8-5-3-9-6(10-4-5)1-2-7(11)12;/h3-4H,1-2,8H2,(H,11,12);1H. The predicted octanol–water partition coefficient (Wildman–Crippen LogP) is 0.498. The van der Waals surface area contributed by atoms with E-state index in [1.165, 1.54) is 12.4 Å². The summed E-state index contributed by atoms with van der Waals surface area (Å²) in [5, 5.41) is 8.35. The van der Waals surface area contributed by atoms with E-state index >= 15 is 0 Å². The molecule has 0 aliphatic carbocycles. The first-order valence-electron chi connectivity index (χ1n) is 3.46. The van der Waals surface area contributed by atoms with Crippen LogP contribution in [0, 0.1) is 0 Å². The molecular weight excluding hydrogens is 194 g/mol. The van der Waals surface area contributed by atoms with Crippen molar-refractivity contribution in [1.29, 1.82) is 0 Å². The number of halogens is 1. The molecule has 6 heteroatoms. The van der Waals surface area contributed by atoms with E-state index in [1.54, 1.807) is 0 Å². The summed E-state index contributed by atoms with van der Waals surface area (Å²) in [6.07, 6.45) is 3.31. The highest BCUT2D eigenvalue weighted by molar-refractivity contribution is 5.85. The fourth-order valence-corrected chi connectivity index (χ4v) is 0.713. The summed E-state index contributed by atoms with van der Waals surface area (Å²) in [4.78, 5) is 17.9. The number of nitrogen functional groups attached to an aromatic ring is 1. The van der Waals surface area contributed by atoms with Gasteiger partial charge in [0.25, 0.3) is 0 Å². The Bertz CT molecular complexity index is 276. The molecule has 0 amide bonds. The molecule has 0 fully saturated rings. The maximum absolute atomic E-state index is 10.2. The van der Waals surface area contributed by atoms with Crippen molar-refractivity contribution in [2.75, 3.05) is 5.73 Å². The van der Waals surface area contributed by atoms with Gasteiger partial charge in [-0.3, -0.25) is 4.79 Å². The van der Waals surface area contributed by atoms with Crippen molar-refractivity contribution < 1.29 is 9.90 Å². The summed E-state index contributed by atoms with van der Waals surface area (Å²) in [7, 11) is 0.